The predicted octanol–water partition coefficient (Wildman–Crippen LogP) is 4.58. The second kappa shape index (κ2) is 11.2. The van der Waals surface area contributed by atoms with E-state index < -0.39 is 6.09 Å². The molecule has 3 N–H and O–H groups in total. The average Bonchev–Trinajstić information content (AvgIpc) is 3.25. The Morgan fingerprint density at radius 1 is 1.21 bits per heavy atom. The Morgan fingerprint density at radius 2 is 1.92 bits per heavy atom. The SMILES string of the molecule is C#CC1CCC(Cn2c(N3[C@H](C)COC[C@@H]3C)nc3nc(/C(N)=N/C(=O)O)nc(-c4cccc(Cl)c4)c32)CC1. The highest BCUT2D eigenvalue weighted by Gasteiger charge is 2.33. The van der Waals surface area contributed by atoms with Crippen LogP contribution in [0.2, 0.25) is 5.02 Å². The first-order valence-electron chi connectivity index (χ1n) is 13.2. The lowest BCUT2D eigenvalue weighted by molar-refractivity contribution is 0.0742. The molecule has 204 valence electrons. The largest absolute Gasteiger partial charge is 0.463 e. The van der Waals surface area contributed by atoms with Gasteiger partial charge in [0.25, 0.3) is 0 Å². The lowest BCUT2D eigenvalue weighted by Gasteiger charge is -2.40. The van der Waals surface area contributed by atoms with Crippen molar-refractivity contribution in [1.29, 1.82) is 0 Å². The number of aromatic nitrogens is 4. The number of benzene rings is 1. The molecule has 39 heavy (non-hydrogen) atoms. The van der Waals surface area contributed by atoms with Gasteiger partial charge >= 0.3 is 6.09 Å². The summed E-state index contributed by atoms with van der Waals surface area (Å²) >= 11 is 6.37. The van der Waals surface area contributed by atoms with Crippen molar-refractivity contribution in [2.45, 2.75) is 58.2 Å². The predicted molar refractivity (Wildman–Crippen MR) is 151 cm³/mol. The van der Waals surface area contributed by atoms with Crippen LogP contribution in [-0.4, -0.2) is 61.9 Å². The van der Waals surface area contributed by atoms with Crippen LogP contribution in [0.25, 0.3) is 22.4 Å². The number of imidazole rings is 1. The summed E-state index contributed by atoms with van der Waals surface area (Å²) in [6.07, 6.45) is 8.32. The number of carboxylic acid groups (broad SMARTS) is 1. The number of morpholine rings is 1. The molecule has 1 aliphatic carbocycles. The summed E-state index contributed by atoms with van der Waals surface area (Å²) in [5.74, 6) is 4.11. The van der Waals surface area contributed by atoms with Crippen LogP contribution in [0.1, 0.15) is 45.4 Å². The summed E-state index contributed by atoms with van der Waals surface area (Å²) in [5, 5.41) is 9.73. The molecule has 11 heteroatoms. The number of amidine groups is 1. The number of hydrogen-bond acceptors (Lipinski definition) is 6. The molecule has 1 aromatic carbocycles. The molecule has 10 nitrogen and oxygen atoms in total. The number of nitrogens with zero attached hydrogens (tertiary/aromatic N) is 6. The Bertz CT molecular complexity index is 1450. The normalized spacial score (nSPS) is 24.1. The van der Waals surface area contributed by atoms with E-state index >= 15 is 0 Å². The third-order valence-electron chi connectivity index (χ3n) is 7.55. The van der Waals surface area contributed by atoms with Gasteiger partial charge in [-0.25, -0.2) is 14.8 Å². The molecule has 1 saturated heterocycles. The fourth-order valence-electron chi connectivity index (χ4n) is 5.67. The summed E-state index contributed by atoms with van der Waals surface area (Å²) in [6.45, 7) is 6.11. The Balaban J connectivity index is 1.74. The number of aliphatic imine (C=N–C) groups is 1. The van der Waals surface area contributed by atoms with Gasteiger partial charge in [0, 0.05) is 23.0 Å². The number of amides is 1. The molecule has 1 amide bonds. The maximum absolute atomic E-state index is 11.3. The van der Waals surface area contributed by atoms with Crippen LogP contribution in [0.4, 0.5) is 10.7 Å². The van der Waals surface area contributed by atoms with Crippen molar-refractivity contribution in [3.05, 3.63) is 35.1 Å². The molecule has 2 fully saturated rings. The first kappa shape index (κ1) is 26.9. The minimum Gasteiger partial charge on any atom is -0.463 e. The lowest BCUT2D eigenvalue weighted by Crippen LogP contribution is -2.51. The standard InChI is InChI=1S/C28H32ClN7O3/c1-4-18-8-10-19(11-9-18)13-35-23-22(20-6-5-7-21(29)12-20)31-26(24(30)32-28(37)38)33-25(23)34-27(35)36-16(2)14-39-15-17(36)3/h1,5-7,12,16-19H,8-11,13-15H2,2-3H3,(H2,30,32)(H,37,38)/t16-,17+,18?,19?. The maximum Gasteiger partial charge on any atom is 0.433 e. The van der Waals surface area contributed by atoms with Gasteiger partial charge in [0.05, 0.1) is 25.3 Å². The summed E-state index contributed by atoms with van der Waals surface area (Å²) in [7, 11) is 0. The molecule has 0 unspecified atom stereocenters. The zero-order chi connectivity index (χ0) is 27.7. The van der Waals surface area contributed by atoms with Gasteiger partial charge in [0.15, 0.2) is 17.3 Å². The van der Waals surface area contributed by atoms with Crippen LogP contribution < -0.4 is 10.6 Å². The van der Waals surface area contributed by atoms with Crippen molar-refractivity contribution in [2.24, 2.45) is 22.6 Å². The van der Waals surface area contributed by atoms with E-state index in [9.17, 15) is 9.90 Å². The van der Waals surface area contributed by atoms with Gasteiger partial charge in [0.2, 0.25) is 5.95 Å². The summed E-state index contributed by atoms with van der Waals surface area (Å²) in [6, 6.07) is 7.51. The van der Waals surface area contributed by atoms with Crippen LogP contribution in [-0.2, 0) is 11.3 Å². The number of nitrogens with two attached hydrogens (primary N) is 1. The monoisotopic (exact) mass is 549 g/mol. The van der Waals surface area contributed by atoms with Gasteiger partial charge in [-0.05, 0) is 57.6 Å². The number of hydrogen-bond donors (Lipinski definition) is 2. The van der Waals surface area contributed by atoms with E-state index in [4.69, 9.17) is 38.5 Å². The highest BCUT2D eigenvalue weighted by atomic mass is 35.5. The van der Waals surface area contributed by atoms with Gasteiger partial charge in [-0.1, -0.05) is 23.7 Å². The molecule has 0 radical (unpaired) electrons. The molecule has 2 aromatic heterocycles. The Hall–Kier alpha value is -3.68. The molecule has 0 spiro atoms. The fraction of sp³-hybridized carbons (Fsp3) is 0.464. The van der Waals surface area contributed by atoms with E-state index in [-0.39, 0.29) is 23.7 Å². The van der Waals surface area contributed by atoms with Gasteiger partial charge < -0.3 is 25.0 Å². The van der Waals surface area contributed by atoms with Gasteiger partial charge in [-0.15, -0.1) is 12.3 Å². The Kier molecular flexibility index (Phi) is 7.73. The molecule has 2 atom stereocenters. The number of halogens is 1. The number of rotatable bonds is 5. The second-order valence-corrected chi connectivity index (χ2v) is 10.8. The summed E-state index contributed by atoms with van der Waals surface area (Å²) in [5.41, 5.74) is 8.47. The van der Waals surface area contributed by atoms with Crippen molar-refractivity contribution >= 4 is 40.6 Å². The average molecular weight is 550 g/mol. The van der Waals surface area contributed by atoms with Crippen molar-refractivity contribution < 1.29 is 14.6 Å². The molecule has 5 rings (SSSR count). The number of carbonyl (C=O) groups is 1. The van der Waals surface area contributed by atoms with Crippen LogP contribution >= 0.6 is 11.6 Å². The van der Waals surface area contributed by atoms with E-state index in [0.29, 0.717) is 41.4 Å². The maximum atomic E-state index is 11.3. The molecule has 1 saturated carbocycles. The number of fused-ring (bicyclic) bond motifs is 1. The van der Waals surface area contributed by atoms with Gasteiger partial charge in [-0.3, -0.25) is 0 Å². The highest BCUT2D eigenvalue weighted by Crippen LogP contribution is 2.37. The van der Waals surface area contributed by atoms with Crippen LogP contribution in [0.15, 0.2) is 29.3 Å². The highest BCUT2D eigenvalue weighted by molar-refractivity contribution is 6.30. The minimum atomic E-state index is -1.43. The topological polar surface area (TPSA) is 132 Å². The third kappa shape index (κ3) is 5.56. The first-order chi connectivity index (χ1) is 18.7. The number of terminal acetylenes is 1. The van der Waals surface area contributed by atoms with E-state index in [2.05, 4.69) is 39.2 Å². The van der Waals surface area contributed by atoms with E-state index in [1.165, 1.54) is 0 Å². The number of ether oxygens (including phenoxy) is 1. The smallest absolute Gasteiger partial charge is 0.433 e. The Labute approximate surface area is 232 Å². The molecule has 3 heterocycles. The third-order valence-corrected chi connectivity index (χ3v) is 7.78. The number of anilines is 1. The van der Waals surface area contributed by atoms with Crippen LogP contribution in [0.5, 0.6) is 0 Å². The zero-order valence-corrected chi connectivity index (χ0v) is 22.8. The molecule has 3 aromatic rings. The van der Waals surface area contributed by atoms with Crippen molar-refractivity contribution in [2.75, 3.05) is 18.1 Å². The lowest BCUT2D eigenvalue weighted by atomic mass is 9.82. The van der Waals surface area contributed by atoms with E-state index in [0.717, 1.165) is 49.3 Å². The van der Waals surface area contributed by atoms with Crippen molar-refractivity contribution in [3.63, 3.8) is 0 Å². The molecule has 0 bridgehead atoms. The molecule has 1 aliphatic heterocycles. The quantitative estimate of drug-likeness (QED) is 0.268. The summed E-state index contributed by atoms with van der Waals surface area (Å²) in [4.78, 5) is 31.3. The molecular formula is C28H32ClN7O3. The van der Waals surface area contributed by atoms with Gasteiger partial charge in [-0.2, -0.15) is 9.98 Å². The van der Waals surface area contributed by atoms with Crippen molar-refractivity contribution in [1.82, 2.24) is 19.5 Å². The second-order valence-electron chi connectivity index (χ2n) is 10.4. The van der Waals surface area contributed by atoms with E-state index in [1.54, 1.807) is 6.07 Å². The van der Waals surface area contributed by atoms with Gasteiger partial charge in [0.1, 0.15) is 11.2 Å². The fourth-order valence-corrected chi connectivity index (χ4v) is 5.86. The summed E-state index contributed by atoms with van der Waals surface area (Å²) < 4.78 is 8.01. The first-order valence-corrected chi connectivity index (χ1v) is 13.6. The van der Waals surface area contributed by atoms with Crippen molar-refractivity contribution in [3.8, 4) is 23.6 Å². The minimum absolute atomic E-state index is 0.00585. The molecule has 2 aliphatic rings. The van der Waals surface area contributed by atoms with Crippen LogP contribution in [0.3, 0.4) is 0 Å². The van der Waals surface area contributed by atoms with Crippen LogP contribution in [0, 0.1) is 24.2 Å². The zero-order valence-electron chi connectivity index (χ0n) is 22.0. The Morgan fingerprint density at radius 3 is 2.56 bits per heavy atom. The molecular weight excluding hydrogens is 518 g/mol. The van der Waals surface area contributed by atoms with E-state index in [1.807, 2.05) is 18.2 Å².